The molecule has 0 radical (unpaired) electrons. The number of alkyl halides is 1. The van der Waals surface area contributed by atoms with Crippen LogP contribution in [0.4, 0.5) is 0 Å². The Kier molecular flexibility index (Phi) is 5.53. The Bertz CT molecular complexity index is 674. The fraction of sp³-hybridized carbons (Fsp3) is 0.444. The first-order chi connectivity index (χ1) is 11.7. The van der Waals surface area contributed by atoms with Crippen molar-refractivity contribution in [3.05, 3.63) is 53.9 Å². The molecule has 0 N–H and O–H groups in total. The molecular weight excluding hydrogens is 326 g/mol. The van der Waals surface area contributed by atoms with Gasteiger partial charge < -0.3 is 9.64 Å². The maximum atomic E-state index is 12.5. The molecule has 1 fully saturated rings. The zero-order valence-corrected chi connectivity index (χ0v) is 14.5. The number of halogens is 1. The van der Waals surface area contributed by atoms with Gasteiger partial charge in [-0.15, -0.1) is 11.6 Å². The maximum absolute atomic E-state index is 12.5. The van der Waals surface area contributed by atoms with E-state index in [4.69, 9.17) is 16.3 Å². The quantitative estimate of drug-likeness (QED) is 0.755. The minimum atomic E-state index is -0.119. The Morgan fingerprint density at radius 2 is 2.17 bits per heavy atom. The summed E-state index contributed by atoms with van der Waals surface area (Å²) in [5, 5.41) is 4.49. The molecule has 0 unspecified atom stereocenters. The van der Waals surface area contributed by atoms with Gasteiger partial charge in [0.2, 0.25) is 5.91 Å². The molecule has 1 amide bonds. The highest BCUT2D eigenvalue weighted by atomic mass is 35.5. The van der Waals surface area contributed by atoms with Crippen molar-refractivity contribution in [2.45, 2.75) is 38.6 Å². The summed E-state index contributed by atoms with van der Waals surface area (Å²) in [6, 6.07) is 12.0. The first kappa shape index (κ1) is 17.0. The second-order valence-electron chi connectivity index (χ2n) is 5.88. The van der Waals surface area contributed by atoms with Gasteiger partial charge in [-0.1, -0.05) is 30.3 Å². The molecule has 0 spiro atoms. The molecule has 0 aliphatic carbocycles. The van der Waals surface area contributed by atoms with Crippen LogP contribution in [0, 0.1) is 0 Å². The molecule has 3 rings (SSSR count). The molecule has 128 valence electrons. The van der Waals surface area contributed by atoms with Crippen molar-refractivity contribution < 1.29 is 9.53 Å². The summed E-state index contributed by atoms with van der Waals surface area (Å²) < 4.78 is 7.79. The molecule has 1 aliphatic heterocycles. The third-order valence-electron chi connectivity index (χ3n) is 4.38. The third-order valence-corrected chi connectivity index (χ3v) is 4.60. The molecule has 24 heavy (non-hydrogen) atoms. The van der Waals surface area contributed by atoms with Crippen molar-refractivity contribution in [1.82, 2.24) is 14.7 Å². The smallest absolute Gasteiger partial charge is 0.238 e. The predicted octanol–water partition coefficient (Wildman–Crippen LogP) is 3.00. The molecular formula is C18H22ClN3O2. The van der Waals surface area contributed by atoms with Crippen LogP contribution in [-0.4, -0.2) is 39.1 Å². The number of benzene rings is 1. The predicted molar refractivity (Wildman–Crippen MR) is 92.7 cm³/mol. The lowest BCUT2D eigenvalue weighted by Gasteiger charge is -2.31. The standard InChI is InChI=1S/C18H22ClN3O2/c1-2-21-10-8-15(20-21)13-22(17(23)12-19)16-9-11-24-18(16)14-6-4-3-5-7-14/h3-8,10,16,18H,2,9,11-13H2,1H3/t16-,18+/m1/s1. The summed E-state index contributed by atoms with van der Waals surface area (Å²) in [6.45, 7) is 3.94. The van der Waals surface area contributed by atoms with E-state index in [0.29, 0.717) is 13.2 Å². The molecule has 1 aliphatic rings. The zero-order chi connectivity index (χ0) is 16.9. The van der Waals surface area contributed by atoms with E-state index >= 15 is 0 Å². The molecule has 2 heterocycles. The lowest BCUT2D eigenvalue weighted by molar-refractivity contribution is -0.133. The van der Waals surface area contributed by atoms with Crippen molar-refractivity contribution in [3.63, 3.8) is 0 Å². The van der Waals surface area contributed by atoms with Crippen molar-refractivity contribution in [1.29, 1.82) is 0 Å². The average molecular weight is 348 g/mol. The monoisotopic (exact) mass is 347 g/mol. The van der Waals surface area contributed by atoms with Gasteiger partial charge in [-0.25, -0.2) is 0 Å². The first-order valence-corrected chi connectivity index (χ1v) is 8.80. The van der Waals surface area contributed by atoms with Crippen molar-refractivity contribution in [2.24, 2.45) is 0 Å². The van der Waals surface area contributed by atoms with Gasteiger partial charge >= 0.3 is 0 Å². The van der Waals surface area contributed by atoms with Crippen LogP contribution in [0.2, 0.25) is 0 Å². The number of nitrogens with zero attached hydrogens (tertiary/aromatic N) is 3. The maximum Gasteiger partial charge on any atom is 0.238 e. The van der Waals surface area contributed by atoms with Gasteiger partial charge in [0, 0.05) is 19.3 Å². The van der Waals surface area contributed by atoms with Crippen LogP contribution in [0.1, 0.15) is 30.7 Å². The minimum absolute atomic E-state index is 0.0228. The number of aryl methyl sites for hydroxylation is 1. The summed E-state index contributed by atoms with van der Waals surface area (Å²) in [7, 11) is 0. The molecule has 1 aromatic heterocycles. The van der Waals surface area contributed by atoms with Crippen molar-refractivity contribution in [2.75, 3.05) is 12.5 Å². The van der Waals surface area contributed by atoms with Gasteiger partial charge in [0.1, 0.15) is 12.0 Å². The molecule has 0 saturated carbocycles. The zero-order valence-electron chi connectivity index (χ0n) is 13.8. The third kappa shape index (κ3) is 3.62. The van der Waals surface area contributed by atoms with Gasteiger partial charge in [0.15, 0.2) is 0 Å². The van der Waals surface area contributed by atoms with Crippen LogP contribution < -0.4 is 0 Å². The molecule has 1 saturated heterocycles. The number of carbonyl (C=O) groups excluding carboxylic acids is 1. The van der Waals surface area contributed by atoms with E-state index in [2.05, 4.69) is 5.10 Å². The average Bonchev–Trinajstić information content (AvgIpc) is 3.28. The van der Waals surface area contributed by atoms with Crippen molar-refractivity contribution >= 4 is 17.5 Å². The fourth-order valence-corrected chi connectivity index (χ4v) is 3.32. The minimum Gasteiger partial charge on any atom is -0.371 e. The van der Waals surface area contributed by atoms with Crippen LogP contribution in [0.3, 0.4) is 0 Å². The molecule has 2 atom stereocenters. The number of hydrogen-bond donors (Lipinski definition) is 0. The Hall–Kier alpha value is -1.85. The van der Waals surface area contributed by atoms with Crippen LogP contribution >= 0.6 is 11.6 Å². The summed E-state index contributed by atoms with van der Waals surface area (Å²) in [4.78, 5) is 14.3. The van der Waals surface area contributed by atoms with E-state index < -0.39 is 0 Å². The normalized spacial score (nSPS) is 20.2. The number of ether oxygens (including phenoxy) is 1. The van der Waals surface area contributed by atoms with Crippen LogP contribution in [0.15, 0.2) is 42.6 Å². The van der Waals surface area contributed by atoms with E-state index in [-0.39, 0.29) is 23.9 Å². The van der Waals surface area contributed by atoms with Gasteiger partial charge in [0.25, 0.3) is 0 Å². The second-order valence-corrected chi connectivity index (χ2v) is 6.14. The van der Waals surface area contributed by atoms with E-state index in [1.54, 1.807) is 0 Å². The van der Waals surface area contributed by atoms with E-state index in [9.17, 15) is 4.79 Å². The van der Waals surface area contributed by atoms with E-state index in [0.717, 1.165) is 24.2 Å². The number of aromatic nitrogens is 2. The highest BCUT2D eigenvalue weighted by Crippen LogP contribution is 2.33. The van der Waals surface area contributed by atoms with Crippen molar-refractivity contribution in [3.8, 4) is 0 Å². The Labute approximate surface area is 147 Å². The Balaban J connectivity index is 1.83. The molecule has 6 heteroatoms. The highest BCUT2D eigenvalue weighted by Gasteiger charge is 2.36. The number of rotatable bonds is 6. The Morgan fingerprint density at radius 1 is 1.38 bits per heavy atom. The second kappa shape index (κ2) is 7.81. The molecule has 2 aromatic rings. The highest BCUT2D eigenvalue weighted by molar-refractivity contribution is 6.27. The van der Waals surface area contributed by atoms with Gasteiger partial charge in [-0.05, 0) is 25.0 Å². The first-order valence-electron chi connectivity index (χ1n) is 8.27. The van der Waals surface area contributed by atoms with E-state index in [1.807, 2.05) is 59.1 Å². The van der Waals surface area contributed by atoms with Gasteiger partial charge in [0.05, 0.1) is 18.3 Å². The number of carbonyl (C=O) groups is 1. The number of hydrogen-bond acceptors (Lipinski definition) is 3. The summed E-state index contributed by atoms with van der Waals surface area (Å²) >= 11 is 5.86. The van der Waals surface area contributed by atoms with Crippen LogP contribution in [-0.2, 0) is 22.6 Å². The summed E-state index contributed by atoms with van der Waals surface area (Å²) in [5.41, 5.74) is 1.96. The Morgan fingerprint density at radius 3 is 2.83 bits per heavy atom. The molecule has 0 bridgehead atoms. The largest absolute Gasteiger partial charge is 0.371 e. The van der Waals surface area contributed by atoms with Crippen LogP contribution in [0.5, 0.6) is 0 Å². The fourth-order valence-electron chi connectivity index (χ4n) is 3.16. The van der Waals surface area contributed by atoms with E-state index in [1.165, 1.54) is 0 Å². The van der Waals surface area contributed by atoms with Gasteiger partial charge in [-0.2, -0.15) is 5.10 Å². The summed E-state index contributed by atoms with van der Waals surface area (Å²) in [5.74, 6) is -0.119. The molecule has 5 nitrogen and oxygen atoms in total. The lowest BCUT2D eigenvalue weighted by Crippen LogP contribution is -2.42. The molecule has 1 aromatic carbocycles. The lowest BCUT2D eigenvalue weighted by atomic mass is 10.0. The number of amides is 1. The SMILES string of the molecule is CCn1ccc(CN(C(=O)CCl)[C@@H]2CCO[C@H]2c2ccccc2)n1. The topological polar surface area (TPSA) is 47.4 Å². The summed E-state index contributed by atoms with van der Waals surface area (Å²) in [6.07, 6.45) is 2.61. The van der Waals surface area contributed by atoms with Crippen LogP contribution in [0.25, 0.3) is 0 Å². The van der Waals surface area contributed by atoms with Gasteiger partial charge in [-0.3, -0.25) is 9.48 Å².